The maximum Gasteiger partial charge on any atom is 0.165 e. The third-order valence-corrected chi connectivity index (χ3v) is 4.86. The molecule has 4 heteroatoms. The van der Waals surface area contributed by atoms with Crippen molar-refractivity contribution in [2.45, 2.75) is 20.3 Å². The minimum atomic E-state index is 0.801. The Bertz CT molecular complexity index is 981. The average Bonchev–Trinajstić information content (AvgIpc) is 3.10. The number of benzene rings is 1. The molecule has 0 unspecified atom stereocenters. The number of aromatic nitrogens is 3. The summed E-state index contributed by atoms with van der Waals surface area (Å²) in [6.45, 7) is 4.25. The smallest absolute Gasteiger partial charge is 0.165 e. The second kappa shape index (κ2) is 5.63. The van der Waals surface area contributed by atoms with Crippen molar-refractivity contribution in [3.63, 3.8) is 0 Å². The number of imidazole rings is 1. The van der Waals surface area contributed by atoms with Crippen LogP contribution in [0.3, 0.4) is 0 Å². The van der Waals surface area contributed by atoms with Gasteiger partial charge in [-0.3, -0.25) is 4.57 Å². The molecule has 0 atom stereocenters. The van der Waals surface area contributed by atoms with E-state index in [4.69, 9.17) is 4.98 Å². The van der Waals surface area contributed by atoms with Crippen LogP contribution in [-0.2, 0) is 6.42 Å². The van der Waals surface area contributed by atoms with Gasteiger partial charge >= 0.3 is 0 Å². The molecule has 0 spiro atoms. The van der Waals surface area contributed by atoms with E-state index in [0.29, 0.717) is 0 Å². The van der Waals surface area contributed by atoms with Gasteiger partial charge in [0.1, 0.15) is 16.3 Å². The van der Waals surface area contributed by atoms with E-state index in [0.717, 1.165) is 23.4 Å². The first kappa shape index (κ1) is 14.2. The van der Waals surface area contributed by atoms with E-state index in [1.165, 1.54) is 21.0 Å². The van der Waals surface area contributed by atoms with Gasteiger partial charge in [-0.2, -0.15) is 0 Å². The topological polar surface area (TPSA) is 30.7 Å². The maximum absolute atomic E-state index is 4.83. The summed E-state index contributed by atoms with van der Waals surface area (Å²) in [6, 6.07) is 16.9. The number of rotatable bonds is 3. The molecule has 0 aliphatic rings. The lowest BCUT2D eigenvalue weighted by atomic mass is 10.1. The highest BCUT2D eigenvalue weighted by Crippen LogP contribution is 2.27. The summed E-state index contributed by atoms with van der Waals surface area (Å²) in [7, 11) is 0. The first-order valence-corrected chi connectivity index (χ1v) is 8.47. The van der Waals surface area contributed by atoms with Crippen LogP contribution < -0.4 is 0 Å². The molecular weight excluding hydrogens is 302 g/mol. The number of nitrogens with zero attached hydrogens (tertiary/aromatic N) is 3. The maximum atomic E-state index is 4.83. The van der Waals surface area contributed by atoms with Crippen molar-refractivity contribution < 1.29 is 0 Å². The fraction of sp³-hybridized carbons (Fsp3) is 0.158. The van der Waals surface area contributed by atoms with E-state index in [1.54, 1.807) is 11.3 Å². The SMILES string of the molecule is Cc1cccc(Cc2nc3cccnc3n2-c2ccc(C)s2)c1. The number of hydrogen-bond acceptors (Lipinski definition) is 3. The molecule has 114 valence electrons. The second-order valence-electron chi connectivity index (χ2n) is 5.76. The molecule has 0 N–H and O–H groups in total. The highest BCUT2D eigenvalue weighted by atomic mass is 32.1. The molecule has 0 amide bonds. The molecular formula is C19H17N3S. The van der Waals surface area contributed by atoms with Crippen molar-refractivity contribution in [1.29, 1.82) is 0 Å². The molecule has 0 bridgehead atoms. The van der Waals surface area contributed by atoms with Gasteiger partial charge in [-0.15, -0.1) is 11.3 Å². The number of pyridine rings is 1. The van der Waals surface area contributed by atoms with E-state index in [2.05, 4.69) is 59.8 Å². The van der Waals surface area contributed by atoms with Crippen molar-refractivity contribution in [3.8, 4) is 5.00 Å². The molecule has 0 aliphatic heterocycles. The first-order valence-electron chi connectivity index (χ1n) is 7.65. The largest absolute Gasteiger partial charge is 0.271 e. The zero-order valence-electron chi connectivity index (χ0n) is 13.2. The van der Waals surface area contributed by atoms with Crippen LogP contribution in [0.2, 0.25) is 0 Å². The Labute approximate surface area is 139 Å². The van der Waals surface area contributed by atoms with Crippen molar-refractivity contribution in [2.75, 3.05) is 0 Å². The Kier molecular flexibility index (Phi) is 3.46. The van der Waals surface area contributed by atoms with Gasteiger partial charge in [0, 0.05) is 17.5 Å². The normalized spacial score (nSPS) is 11.2. The molecule has 3 nitrogen and oxygen atoms in total. The van der Waals surface area contributed by atoms with Crippen LogP contribution in [-0.4, -0.2) is 14.5 Å². The van der Waals surface area contributed by atoms with E-state index < -0.39 is 0 Å². The van der Waals surface area contributed by atoms with E-state index in [-0.39, 0.29) is 0 Å². The molecule has 1 aromatic carbocycles. The average molecular weight is 319 g/mol. The lowest BCUT2D eigenvalue weighted by Gasteiger charge is -2.07. The molecule has 23 heavy (non-hydrogen) atoms. The van der Waals surface area contributed by atoms with Gasteiger partial charge in [0.25, 0.3) is 0 Å². The molecule has 4 rings (SSSR count). The van der Waals surface area contributed by atoms with Crippen LogP contribution in [0.1, 0.15) is 21.8 Å². The molecule has 0 fully saturated rings. The van der Waals surface area contributed by atoms with Crippen LogP contribution in [0.4, 0.5) is 0 Å². The van der Waals surface area contributed by atoms with Crippen LogP contribution in [0.5, 0.6) is 0 Å². The van der Waals surface area contributed by atoms with Crippen LogP contribution in [0, 0.1) is 13.8 Å². The first-order chi connectivity index (χ1) is 11.2. The Hall–Kier alpha value is -2.46. The predicted molar refractivity (Wildman–Crippen MR) is 95.5 cm³/mol. The Morgan fingerprint density at radius 3 is 2.74 bits per heavy atom. The van der Waals surface area contributed by atoms with Gasteiger partial charge in [0.2, 0.25) is 0 Å². The Balaban J connectivity index is 1.88. The van der Waals surface area contributed by atoms with Gasteiger partial charge in [0.15, 0.2) is 5.65 Å². The summed E-state index contributed by atoms with van der Waals surface area (Å²) in [5.74, 6) is 1.03. The van der Waals surface area contributed by atoms with Crippen LogP contribution >= 0.6 is 11.3 Å². The van der Waals surface area contributed by atoms with Crippen molar-refractivity contribution in [1.82, 2.24) is 14.5 Å². The van der Waals surface area contributed by atoms with Crippen LogP contribution in [0.15, 0.2) is 54.7 Å². The summed E-state index contributed by atoms with van der Waals surface area (Å²) >= 11 is 1.77. The minimum Gasteiger partial charge on any atom is -0.271 e. The summed E-state index contributed by atoms with van der Waals surface area (Å²) < 4.78 is 2.19. The van der Waals surface area contributed by atoms with E-state index in [1.807, 2.05) is 18.3 Å². The molecule has 0 aliphatic carbocycles. The van der Waals surface area contributed by atoms with Crippen molar-refractivity contribution in [2.24, 2.45) is 0 Å². The molecule has 0 saturated heterocycles. The number of thiophene rings is 1. The Morgan fingerprint density at radius 2 is 1.96 bits per heavy atom. The van der Waals surface area contributed by atoms with Crippen LogP contribution in [0.25, 0.3) is 16.2 Å². The summed E-state index contributed by atoms with van der Waals surface area (Å²) in [5, 5.41) is 1.17. The summed E-state index contributed by atoms with van der Waals surface area (Å²) in [5.41, 5.74) is 4.42. The highest BCUT2D eigenvalue weighted by molar-refractivity contribution is 7.14. The molecule has 0 radical (unpaired) electrons. The lowest BCUT2D eigenvalue weighted by Crippen LogP contribution is -2.01. The van der Waals surface area contributed by atoms with Crippen molar-refractivity contribution in [3.05, 3.63) is 76.6 Å². The van der Waals surface area contributed by atoms with Gasteiger partial charge in [-0.25, -0.2) is 9.97 Å². The number of hydrogen-bond donors (Lipinski definition) is 0. The third kappa shape index (κ3) is 2.66. The van der Waals surface area contributed by atoms with Crippen molar-refractivity contribution >= 4 is 22.5 Å². The second-order valence-corrected chi connectivity index (χ2v) is 7.03. The summed E-state index contributed by atoms with van der Waals surface area (Å²) in [6.07, 6.45) is 2.63. The molecule has 0 saturated carbocycles. The number of aryl methyl sites for hydroxylation is 2. The monoisotopic (exact) mass is 319 g/mol. The van der Waals surface area contributed by atoms with Gasteiger partial charge in [-0.1, -0.05) is 29.8 Å². The highest BCUT2D eigenvalue weighted by Gasteiger charge is 2.15. The fourth-order valence-electron chi connectivity index (χ4n) is 2.86. The minimum absolute atomic E-state index is 0.801. The lowest BCUT2D eigenvalue weighted by molar-refractivity contribution is 0.936. The standard InChI is InChI=1S/C19H17N3S/c1-13-5-3-6-15(11-13)12-17-21-16-7-4-10-20-19(16)22(17)18-9-8-14(2)23-18/h3-11H,12H2,1-2H3. The third-order valence-electron chi connectivity index (χ3n) is 3.88. The predicted octanol–water partition coefficient (Wildman–Crippen LogP) is 4.69. The van der Waals surface area contributed by atoms with Gasteiger partial charge in [-0.05, 0) is 43.7 Å². The zero-order chi connectivity index (χ0) is 15.8. The zero-order valence-corrected chi connectivity index (χ0v) is 14.0. The molecule has 3 heterocycles. The number of fused-ring (bicyclic) bond motifs is 1. The van der Waals surface area contributed by atoms with Gasteiger partial charge < -0.3 is 0 Å². The van der Waals surface area contributed by atoms with Gasteiger partial charge in [0.05, 0.1) is 0 Å². The quantitative estimate of drug-likeness (QED) is 0.548. The fourth-order valence-corrected chi connectivity index (χ4v) is 3.74. The molecule has 3 aromatic heterocycles. The summed E-state index contributed by atoms with van der Waals surface area (Å²) in [4.78, 5) is 10.7. The van der Waals surface area contributed by atoms with E-state index >= 15 is 0 Å². The van der Waals surface area contributed by atoms with E-state index in [9.17, 15) is 0 Å². The Morgan fingerprint density at radius 1 is 1.04 bits per heavy atom. The molecule has 4 aromatic rings.